The van der Waals surface area contributed by atoms with Gasteiger partial charge in [-0.25, -0.2) is 13.2 Å². The van der Waals surface area contributed by atoms with Crippen LogP contribution in [0.1, 0.15) is 17.7 Å². The molecule has 0 fully saturated rings. The van der Waals surface area contributed by atoms with Crippen LogP contribution in [0, 0.1) is 27.3 Å². The second-order valence-electron chi connectivity index (χ2n) is 2.40. The summed E-state index contributed by atoms with van der Waals surface area (Å²) >= 11 is 0. The number of alkyl halides is 2. The molecule has 1 rings (SSSR count). The van der Waals surface area contributed by atoms with E-state index in [0.29, 0.717) is 6.07 Å². The molecule has 0 radical (unpaired) electrons. The average molecular weight is 217 g/mol. The van der Waals surface area contributed by atoms with E-state index in [1.54, 1.807) is 0 Å². The van der Waals surface area contributed by atoms with Crippen LogP contribution in [0.5, 0.6) is 0 Å². The summed E-state index contributed by atoms with van der Waals surface area (Å²) in [4.78, 5) is 12.0. The maximum Gasteiger partial charge on any atom is 0.382 e. The maximum atomic E-state index is 12.8. The number of nitriles is 1. The quantitative estimate of drug-likeness (QED) is 0.560. The number of halogens is 3. The van der Waals surface area contributed by atoms with Crippen molar-refractivity contribution in [2.75, 3.05) is 0 Å². The highest BCUT2D eigenvalue weighted by molar-refractivity contribution is 5.44. The first kappa shape index (κ1) is 10.9. The number of aromatic nitrogens is 1. The lowest BCUT2D eigenvalue weighted by atomic mass is 10.2. The Hall–Kier alpha value is -2.17. The highest BCUT2D eigenvalue weighted by atomic mass is 19.3. The van der Waals surface area contributed by atoms with Crippen molar-refractivity contribution >= 4 is 5.82 Å². The third-order valence-electron chi connectivity index (χ3n) is 1.48. The molecule has 0 aliphatic rings. The lowest BCUT2D eigenvalue weighted by molar-refractivity contribution is -0.390. The van der Waals surface area contributed by atoms with Gasteiger partial charge in [-0.3, -0.25) is 0 Å². The molecule has 1 aromatic heterocycles. The van der Waals surface area contributed by atoms with Gasteiger partial charge in [0, 0.05) is 6.07 Å². The Balaban J connectivity index is 3.45. The van der Waals surface area contributed by atoms with Gasteiger partial charge in [-0.15, -0.1) is 0 Å². The summed E-state index contributed by atoms with van der Waals surface area (Å²) in [7, 11) is 0. The zero-order valence-electron chi connectivity index (χ0n) is 6.95. The van der Waals surface area contributed by atoms with Crippen LogP contribution in [0.25, 0.3) is 0 Å². The standard InChI is InChI=1S/C7H2F3N3O2/c8-4-1-3(2-11)7(13(14)15)12-5(4)6(9)10/h1,6H. The fourth-order valence-electron chi connectivity index (χ4n) is 0.867. The second-order valence-corrected chi connectivity index (χ2v) is 2.40. The minimum absolute atomic E-state index is 0.368. The van der Waals surface area contributed by atoms with Crippen molar-refractivity contribution in [2.24, 2.45) is 0 Å². The summed E-state index contributed by atoms with van der Waals surface area (Å²) in [5, 5.41) is 18.7. The highest BCUT2D eigenvalue weighted by Gasteiger charge is 2.27. The van der Waals surface area contributed by atoms with E-state index in [-0.39, 0.29) is 0 Å². The van der Waals surface area contributed by atoms with Crippen molar-refractivity contribution in [1.29, 1.82) is 5.26 Å². The smallest absolute Gasteiger partial charge is 0.358 e. The van der Waals surface area contributed by atoms with Crippen LogP contribution in [0.2, 0.25) is 0 Å². The van der Waals surface area contributed by atoms with Crippen LogP contribution in [0.4, 0.5) is 19.0 Å². The Morgan fingerprint density at radius 2 is 2.20 bits per heavy atom. The lowest BCUT2D eigenvalue weighted by Crippen LogP contribution is -2.03. The van der Waals surface area contributed by atoms with E-state index in [9.17, 15) is 23.3 Å². The summed E-state index contributed by atoms with van der Waals surface area (Å²) in [6.45, 7) is 0. The summed E-state index contributed by atoms with van der Waals surface area (Å²) < 4.78 is 37.0. The Morgan fingerprint density at radius 3 is 2.60 bits per heavy atom. The van der Waals surface area contributed by atoms with Gasteiger partial charge in [-0.1, -0.05) is 0 Å². The summed E-state index contributed by atoms with van der Waals surface area (Å²) in [6, 6.07) is 1.66. The fraction of sp³-hybridized carbons (Fsp3) is 0.143. The number of hydrogen-bond acceptors (Lipinski definition) is 4. The van der Waals surface area contributed by atoms with E-state index < -0.39 is 34.2 Å². The SMILES string of the molecule is N#Cc1cc(F)c(C(F)F)nc1[N+](=O)[O-]. The molecule has 0 amide bonds. The van der Waals surface area contributed by atoms with Gasteiger partial charge in [-0.05, 0) is 9.91 Å². The van der Waals surface area contributed by atoms with Crippen LogP contribution in [-0.4, -0.2) is 9.91 Å². The van der Waals surface area contributed by atoms with Crippen LogP contribution < -0.4 is 0 Å². The van der Waals surface area contributed by atoms with E-state index in [1.165, 1.54) is 6.07 Å². The molecule has 0 aromatic carbocycles. The normalized spacial score (nSPS) is 10.1. The molecule has 0 saturated carbocycles. The van der Waals surface area contributed by atoms with Gasteiger partial charge < -0.3 is 10.1 Å². The zero-order chi connectivity index (χ0) is 11.6. The maximum absolute atomic E-state index is 12.8. The second kappa shape index (κ2) is 3.91. The molecule has 0 atom stereocenters. The molecule has 5 nitrogen and oxygen atoms in total. The van der Waals surface area contributed by atoms with Crippen LogP contribution in [-0.2, 0) is 0 Å². The van der Waals surface area contributed by atoms with Gasteiger partial charge in [0.1, 0.15) is 6.07 Å². The number of nitrogens with zero attached hydrogens (tertiary/aromatic N) is 3. The average Bonchev–Trinajstić information content (AvgIpc) is 2.16. The van der Waals surface area contributed by atoms with Crippen LogP contribution in [0.3, 0.4) is 0 Å². The van der Waals surface area contributed by atoms with Gasteiger partial charge in [0.15, 0.2) is 11.4 Å². The van der Waals surface area contributed by atoms with Crippen molar-refractivity contribution in [3.63, 3.8) is 0 Å². The van der Waals surface area contributed by atoms with Crippen molar-refractivity contribution in [2.45, 2.75) is 6.43 Å². The highest BCUT2D eigenvalue weighted by Crippen LogP contribution is 2.25. The van der Waals surface area contributed by atoms with E-state index in [1.807, 2.05) is 0 Å². The van der Waals surface area contributed by atoms with E-state index in [4.69, 9.17) is 5.26 Å². The minimum Gasteiger partial charge on any atom is -0.358 e. The predicted octanol–water partition coefficient (Wildman–Crippen LogP) is 1.94. The first-order chi connectivity index (χ1) is 6.97. The van der Waals surface area contributed by atoms with E-state index in [0.717, 1.165) is 0 Å². The van der Waals surface area contributed by atoms with Crippen LogP contribution >= 0.6 is 0 Å². The Morgan fingerprint density at radius 1 is 1.60 bits per heavy atom. The zero-order valence-corrected chi connectivity index (χ0v) is 6.95. The van der Waals surface area contributed by atoms with Gasteiger partial charge in [-0.2, -0.15) is 5.26 Å². The third-order valence-corrected chi connectivity index (χ3v) is 1.48. The number of nitro groups is 1. The molecule has 0 aliphatic heterocycles. The first-order valence-corrected chi connectivity index (χ1v) is 3.50. The molecule has 0 bridgehead atoms. The first-order valence-electron chi connectivity index (χ1n) is 3.50. The van der Waals surface area contributed by atoms with Crippen molar-refractivity contribution < 1.29 is 18.1 Å². The molecular formula is C7H2F3N3O2. The van der Waals surface area contributed by atoms with Gasteiger partial charge in [0.25, 0.3) is 5.69 Å². The molecule has 0 spiro atoms. The van der Waals surface area contributed by atoms with Crippen molar-refractivity contribution in [3.05, 3.63) is 33.3 Å². The fourth-order valence-corrected chi connectivity index (χ4v) is 0.867. The molecule has 0 aliphatic carbocycles. The Kier molecular flexibility index (Phi) is 2.85. The van der Waals surface area contributed by atoms with Gasteiger partial charge in [0.05, 0.1) is 0 Å². The number of pyridine rings is 1. The lowest BCUT2D eigenvalue weighted by Gasteiger charge is -1.98. The number of rotatable bonds is 2. The molecule has 0 saturated heterocycles. The molecular weight excluding hydrogens is 215 g/mol. The molecule has 1 heterocycles. The van der Waals surface area contributed by atoms with Crippen molar-refractivity contribution in [1.82, 2.24) is 4.98 Å². The third kappa shape index (κ3) is 2.01. The van der Waals surface area contributed by atoms with E-state index >= 15 is 0 Å². The topological polar surface area (TPSA) is 79.8 Å². The predicted molar refractivity (Wildman–Crippen MR) is 40.5 cm³/mol. The summed E-state index contributed by atoms with van der Waals surface area (Å²) in [6.07, 6.45) is -3.27. The van der Waals surface area contributed by atoms with Crippen molar-refractivity contribution in [3.8, 4) is 6.07 Å². The molecule has 1 aromatic rings. The monoisotopic (exact) mass is 217 g/mol. The Labute approximate surface area is 80.9 Å². The molecule has 0 unspecified atom stereocenters. The van der Waals surface area contributed by atoms with Gasteiger partial charge in [0.2, 0.25) is 0 Å². The summed E-state index contributed by atoms with van der Waals surface area (Å²) in [5.41, 5.74) is -2.03. The molecule has 15 heavy (non-hydrogen) atoms. The minimum atomic E-state index is -3.27. The summed E-state index contributed by atoms with van der Waals surface area (Å²) in [5.74, 6) is -2.51. The molecule has 78 valence electrons. The molecule has 8 heteroatoms. The number of hydrogen-bond donors (Lipinski definition) is 0. The molecule has 0 N–H and O–H groups in total. The Bertz CT molecular complexity index is 456. The largest absolute Gasteiger partial charge is 0.382 e. The van der Waals surface area contributed by atoms with Gasteiger partial charge >= 0.3 is 12.2 Å². The van der Waals surface area contributed by atoms with E-state index in [2.05, 4.69) is 4.98 Å². The van der Waals surface area contributed by atoms with Crippen LogP contribution in [0.15, 0.2) is 6.07 Å².